The molecule has 0 aliphatic carbocycles. The maximum absolute atomic E-state index is 13.8. The molecule has 34 heavy (non-hydrogen) atoms. The largest absolute Gasteiger partial charge is 0.392 e. The standard InChI is InChI=1S/C23H25ClN6O4/c24-15-3-4-17-18(10-15)29(8-7-28-6-1-2-16(31)11-28)23(32)20-19(25-13-30(17)20)21-26-22(34-27-21)14-5-9-33-12-14/h3-4,10,13-14,16,31H,1-2,5-9,11-12H2. The average molecular weight is 485 g/mol. The van der Waals surface area contributed by atoms with Crippen LogP contribution >= 0.6 is 11.6 Å². The molecule has 2 fully saturated rings. The minimum atomic E-state index is -0.321. The molecule has 5 heterocycles. The molecule has 0 radical (unpaired) electrons. The van der Waals surface area contributed by atoms with Gasteiger partial charge in [-0.3, -0.25) is 14.1 Å². The quantitative estimate of drug-likeness (QED) is 0.459. The number of aliphatic hydroxyl groups is 1. The summed E-state index contributed by atoms with van der Waals surface area (Å²) in [7, 11) is 0. The zero-order valence-corrected chi connectivity index (χ0v) is 19.3. The van der Waals surface area contributed by atoms with Crippen LogP contribution in [0, 0.1) is 0 Å². The van der Waals surface area contributed by atoms with Gasteiger partial charge < -0.3 is 18.9 Å². The normalized spacial score (nSPS) is 21.7. The molecule has 0 spiro atoms. The summed E-state index contributed by atoms with van der Waals surface area (Å²) >= 11 is 6.30. The summed E-state index contributed by atoms with van der Waals surface area (Å²) in [5, 5.41) is 14.7. The highest BCUT2D eigenvalue weighted by Crippen LogP contribution is 2.28. The van der Waals surface area contributed by atoms with Gasteiger partial charge >= 0.3 is 0 Å². The van der Waals surface area contributed by atoms with Crippen molar-refractivity contribution >= 4 is 28.2 Å². The summed E-state index contributed by atoms with van der Waals surface area (Å²) in [5.41, 5.74) is 2.12. The van der Waals surface area contributed by atoms with Crippen LogP contribution in [0.3, 0.4) is 0 Å². The van der Waals surface area contributed by atoms with E-state index in [4.69, 9.17) is 20.9 Å². The molecule has 178 valence electrons. The van der Waals surface area contributed by atoms with Gasteiger partial charge in [-0.15, -0.1) is 0 Å². The lowest BCUT2D eigenvalue weighted by molar-refractivity contribution is 0.0690. The van der Waals surface area contributed by atoms with Gasteiger partial charge in [-0.25, -0.2) is 4.98 Å². The molecular weight excluding hydrogens is 460 g/mol. The Morgan fingerprint density at radius 1 is 1.21 bits per heavy atom. The summed E-state index contributed by atoms with van der Waals surface area (Å²) in [4.78, 5) is 25.0. The summed E-state index contributed by atoms with van der Waals surface area (Å²) in [6.45, 7) is 3.84. The van der Waals surface area contributed by atoms with E-state index in [9.17, 15) is 9.90 Å². The first-order chi connectivity index (χ1) is 16.6. The first kappa shape index (κ1) is 21.7. The number of aromatic nitrogens is 5. The van der Waals surface area contributed by atoms with Crippen LogP contribution in [0.2, 0.25) is 5.02 Å². The third-order valence-corrected chi connectivity index (χ3v) is 6.99. The van der Waals surface area contributed by atoms with Gasteiger partial charge in [-0.2, -0.15) is 4.98 Å². The van der Waals surface area contributed by atoms with Crippen molar-refractivity contribution in [3.8, 4) is 11.5 Å². The van der Waals surface area contributed by atoms with Gasteiger partial charge in [0.05, 0.1) is 29.7 Å². The summed E-state index contributed by atoms with van der Waals surface area (Å²) in [5.74, 6) is 0.861. The lowest BCUT2D eigenvalue weighted by atomic mass is 10.1. The molecule has 2 atom stereocenters. The molecular formula is C23H25ClN6O4. The summed E-state index contributed by atoms with van der Waals surface area (Å²) < 4.78 is 14.4. The van der Waals surface area contributed by atoms with Gasteiger partial charge in [0.25, 0.3) is 5.56 Å². The van der Waals surface area contributed by atoms with Gasteiger partial charge in [-0.1, -0.05) is 16.8 Å². The molecule has 2 aliphatic rings. The van der Waals surface area contributed by atoms with Crippen molar-refractivity contribution in [2.24, 2.45) is 0 Å². The highest BCUT2D eigenvalue weighted by atomic mass is 35.5. The van der Waals surface area contributed by atoms with Crippen LogP contribution in [0.25, 0.3) is 28.1 Å². The smallest absolute Gasteiger partial charge is 0.277 e. The van der Waals surface area contributed by atoms with Crippen LogP contribution in [-0.2, 0) is 11.3 Å². The maximum Gasteiger partial charge on any atom is 0.277 e. The fraction of sp³-hybridized carbons (Fsp3) is 0.478. The van der Waals surface area contributed by atoms with Crippen molar-refractivity contribution < 1.29 is 14.4 Å². The Bertz CT molecular complexity index is 1410. The molecule has 1 N–H and O–H groups in total. The van der Waals surface area contributed by atoms with E-state index in [1.807, 2.05) is 6.07 Å². The molecule has 3 aromatic heterocycles. The third kappa shape index (κ3) is 3.80. The minimum absolute atomic E-state index is 0.0645. The van der Waals surface area contributed by atoms with E-state index >= 15 is 0 Å². The minimum Gasteiger partial charge on any atom is -0.392 e. The Morgan fingerprint density at radius 3 is 2.94 bits per heavy atom. The highest BCUT2D eigenvalue weighted by Gasteiger charge is 2.27. The van der Waals surface area contributed by atoms with Crippen LogP contribution in [-0.4, -0.2) is 73.1 Å². The summed E-state index contributed by atoms with van der Waals surface area (Å²) in [6.07, 6.45) is 3.89. The Hall–Kier alpha value is -2.79. The number of imidazole rings is 1. The second-order valence-electron chi connectivity index (χ2n) is 9.02. The fourth-order valence-electron chi connectivity index (χ4n) is 4.98. The third-order valence-electron chi connectivity index (χ3n) is 6.76. The zero-order chi connectivity index (χ0) is 23.2. The number of piperidine rings is 1. The van der Waals surface area contributed by atoms with Crippen LogP contribution in [0.5, 0.6) is 0 Å². The number of aliphatic hydroxyl groups excluding tert-OH is 1. The predicted molar refractivity (Wildman–Crippen MR) is 125 cm³/mol. The van der Waals surface area contributed by atoms with Crippen molar-refractivity contribution in [1.82, 2.24) is 29.0 Å². The van der Waals surface area contributed by atoms with Gasteiger partial charge in [0.1, 0.15) is 17.5 Å². The Kier molecular flexibility index (Phi) is 5.60. The number of halogens is 1. The van der Waals surface area contributed by atoms with Crippen LogP contribution in [0.4, 0.5) is 0 Å². The number of β-amino-alcohol motifs (C(OH)–C–C–N with tert-alkyl or cyclic N) is 1. The zero-order valence-electron chi connectivity index (χ0n) is 18.6. The second-order valence-corrected chi connectivity index (χ2v) is 9.45. The lowest BCUT2D eigenvalue weighted by Gasteiger charge is -2.30. The molecule has 0 saturated carbocycles. The monoisotopic (exact) mass is 484 g/mol. The van der Waals surface area contributed by atoms with E-state index in [0.29, 0.717) is 60.8 Å². The number of hydrogen-bond acceptors (Lipinski definition) is 8. The number of likely N-dealkylation sites (tertiary alicyclic amines) is 1. The first-order valence-electron chi connectivity index (χ1n) is 11.6. The number of rotatable bonds is 5. The molecule has 0 amide bonds. The second kappa shape index (κ2) is 8.77. The van der Waals surface area contributed by atoms with Gasteiger partial charge in [0.15, 0.2) is 0 Å². The number of nitrogens with zero attached hydrogens (tertiary/aromatic N) is 6. The number of hydrogen-bond donors (Lipinski definition) is 1. The predicted octanol–water partition coefficient (Wildman–Crippen LogP) is 2.31. The van der Waals surface area contributed by atoms with E-state index in [-0.39, 0.29) is 17.6 Å². The number of fused-ring (bicyclic) bond motifs is 3. The van der Waals surface area contributed by atoms with Gasteiger partial charge in [0.2, 0.25) is 11.7 Å². The molecule has 2 aliphatic heterocycles. The molecule has 0 bridgehead atoms. The van der Waals surface area contributed by atoms with Gasteiger partial charge in [-0.05, 0) is 44.0 Å². The van der Waals surface area contributed by atoms with Crippen molar-refractivity contribution in [3.63, 3.8) is 0 Å². The van der Waals surface area contributed by atoms with E-state index < -0.39 is 0 Å². The average Bonchev–Trinajstić information content (AvgIpc) is 3.59. The Morgan fingerprint density at radius 2 is 2.12 bits per heavy atom. The molecule has 2 saturated heterocycles. The fourth-order valence-corrected chi connectivity index (χ4v) is 5.14. The van der Waals surface area contributed by atoms with Crippen molar-refractivity contribution in [1.29, 1.82) is 0 Å². The van der Waals surface area contributed by atoms with Gasteiger partial charge in [0, 0.05) is 31.3 Å². The number of ether oxygens (including phenoxy) is 1. The highest BCUT2D eigenvalue weighted by molar-refractivity contribution is 6.31. The SMILES string of the molecule is O=c1c2c(-c3noc(C4CCOC4)n3)ncn2c2ccc(Cl)cc2n1CCN1CCCC(O)C1. The Balaban J connectivity index is 1.44. The van der Waals surface area contributed by atoms with Crippen molar-refractivity contribution in [3.05, 3.63) is 45.8 Å². The van der Waals surface area contributed by atoms with E-state index in [1.165, 1.54) is 0 Å². The molecule has 4 aromatic rings. The molecule has 6 rings (SSSR count). The molecule has 10 nitrogen and oxygen atoms in total. The molecule has 2 unspecified atom stereocenters. The van der Waals surface area contributed by atoms with E-state index in [0.717, 1.165) is 36.8 Å². The number of benzene rings is 1. The maximum atomic E-state index is 13.8. The first-order valence-corrected chi connectivity index (χ1v) is 12.0. The lowest BCUT2D eigenvalue weighted by Crippen LogP contribution is -2.40. The summed E-state index contributed by atoms with van der Waals surface area (Å²) in [6, 6.07) is 5.48. The van der Waals surface area contributed by atoms with Crippen molar-refractivity contribution in [2.75, 3.05) is 32.8 Å². The molecule has 11 heteroatoms. The topological polar surface area (TPSA) is 111 Å². The molecule has 1 aromatic carbocycles. The van der Waals surface area contributed by atoms with E-state index in [2.05, 4.69) is 20.0 Å². The van der Waals surface area contributed by atoms with Crippen LogP contribution < -0.4 is 5.56 Å². The van der Waals surface area contributed by atoms with Crippen LogP contribution in [0.15, 0.2) is 33.8 Å². The van der Waals surface area contributed by atoms with E-state index in [1.54, 1.807) is 27.4 Å². The Labute approximate surface area is 199 Å². The van der Waals surface area contributed by atoms with Crippen LogP contribution in [0.1, 0.15) is 31.1 Å². The van der Waals surface area contributed by atoms with Crippen molar-refractivity contribution in [2.45, 2.75) is 37.8 Å².